The summed E-state index contributed by atoms with van der Waals surface area (Å²) in [7, 11) is 3.47. The zero-order valence-electron chi connectivity index (χ0n) is 9.52. The second-order valence-electron chi connectivity index (χ2n) is 3.64. The summed E-state index contributed by atoms with van der Waals surface area (Å²) < 4.78 is 16.1. The number of likely N-dealkylation sites (tertiary alicyclic amines) is 1. The maximum Gasteiger partial charge on any atom is 0.0971 e. The van der Waals surface area contributed by atoms with Crippen LogP contribution < -0.4 is 0 Å². The lowest BCUT2D eigenvalue weighted by molar-refractivity contribution is -0.00461. The fourth-order valence-corrected chi connectivity index (χ4v) is 1.94. The highest BCUT2D eigenvalue weighted by atomic mass is 32.1. The molecule has 2 unspecified atom stereocenters. The van der Waals surface area contributed by atoms with E-state index in [1.807, 2.05) is 0 Å². The first-order chi connectivity index (χ1) is 7.31. The van der Waals surface area contributed by atoms with E-state index in [0.717, 1.165) is 38.6 Å². The SMILES string of the molecule is COC1CN(CCOCCS)CC1OC. The number of methoxy groups -OCH3 is 2. The topological polar surface area (TPSA) is 30.9 Å². The summed E-state index contributed by atoms with van der Waals surface area (Å²) in [5.41, 5.74) is 0. The fraction of sp³-hybridized carbons (Fsp3) is 1.00. The third-order valence-electron chi connectivity index (χ3n) is 2.68. The summed E-state index contributed by atoms with van der Waals surface area (Å²) in [5.74, 6) is 0.779. The van der Waals surface area contributed by atoms with Gasteiger partial charge in [0.1, 0.15) is 0 Å². The minimum absolute atomic E-state index is 0.194. The van der Waals surface area contributed by atoms with E-state index in [2.05, 4.69) is 17.5 Å². The normalized spacial score (nSPS) is 27.4. The van der Waals surface area contributed by atoms with E-state index >= 15 is 0 Å². The average Bonchev–Trinajstić information content (AvgIpc) is 2.67. The molecule has 0 saturated carbocycles. The lowest BCUT2D eigenvalue weighted by Gasteiger charge is -2.14. The predicted octanol–water partition coefficient (Wildman–Crippen LogP) is 0.278. The third kappa shape index (κ3) is 4.28. The van der Waals surface area contributed by atoms with Crippen LogP contribution >= 0.6 is 12.6 Å². The zero-order chi connectivity index (χ0) is 11.1. The molecule has 0 spiro atoms. The Bertz CT molecular complexity index is 159. The lowest BCUT2D eigenvalue weighted by Crippen LogP contribution is -2.27. The monoisotopic (exact) mass is 235 g/mol. The summed E-state index contributed by atoms with van der Waals surface area (Å²) in [4.78, 5) is 2.31. The van der Waals surface area contributed by atoms with Crippen LogP contribution in [0.4, 0.5) is 0 Å². The summed E-state index contributed by atoms with van der Waals surface area (Å²) in [6.45, 7) is 4.28. The van der Waals surface area contributed by atoms with Gasteiger partial charge in [0.05, 0.1) is 25.4 Å². The van der Waals surface area contributed by atoms with E-state index in [4.69, 9.17) is 14.2 Å². The largest absolute Gasteiger partial charge is 0.379 e. The van der Waals surface area contributed by atoms with Crippen LogP contribution in [0.25, 0.3) is 0 Å². The van der Waals surface area contributed by atoms with Gasteiger partial charge in [-0.15, -0.1) is 0 Å². The van der Waals surface area contributed by atoms with Crippen molar-refractivity contribution in [1.29, 1.82) is 0 Å². The second kappa shape index (κ2) is 7.46. The van der Waals surface area contributed by atoms with Crippen molar-refractivity contribution in [2.24, 2.45) is 0 Å². The maximum absolute atomic E-state index is 5.38. The van der Waals surface area contributed by atoms with Gasteiger partial charge in [0.25, 0.3) is 0 Å². The second-order valence-corrected chi connectivity index (χ2v) is 4.09. The van der Waals surface area contributed by atoms with Crippen molar-refractivity contribution in [3.05, 3.63) is 0 Å². The highest BCUT2D eigenvalue weighted by Crippen LogP contribution is 2.14. The molecule has 1 fully saturated rings. The predicted molar refractivity (Wildman–Crippen MR) is 62.7 cm³/mol. The van der Waals surface area contributed by atoms with Gasteiger partial charge in [-0.3, -0.25) is 4.90 Å². The molecule has 4 nitrogen and oxygen atoms in total. The molecule has 0 aromatic heterocycles. The Morgan fingerprint density at radius 3 is 2.20 bits per heavy atom. The van der Waals surface area contributed by atoms with E-state index < -0.39 is 0 Å². The molecule has 1 saturated heterocycles. The number of nitrogens with zero attached hydrogens (tertiary/aromatic N) is 1. The van der Waals surface area contributed by atoms with Crippen LogP contribution in [-0.4, -0.2) is 69.9 Å². The molecule has 1 rings (SSSR count). The Balaban J connectivity index is 2.16. The van der Waals surface area contributed by atoms with Gasteiger partial charge in [0.15, 0.2) is 0 Å². The highest BCUT2D eigenvalue weighted by Gasteiger charge is 2.32. The average molecular weight is 235 g/mol. The van der Waals surface area contributed by atoms with Crippen LogP contribution in [-0.2, 0) is 14.2 Å². The molecule has 0 N–H and O–H groups in total. The van der Waals surface area contributed by atoms with Gasteiger partial charge in [-0.1, -0.05) is 0 Å². The van der Waals surface area contributed by atoms with E-state index in [1.165, 1.54) is 0 Å². The molecule has 0 aromatic carbocycles. The van der Waals surface area contributed by atoms with Gasteiger partial charge in [-0.25, -0.2) is 0 Å². The van der Waals surface area contributed by atoms with Crippen molar-refractivity contribution < 1.29 is 14.2 Å². The van der Waals surface area contributed by atoms with Crippen LogP contribution in [0, 0.1) is 0 Å². The minimum Gasteiger partial charge on any atom is -0.379 e. The van der Waals surface area contributed by atoms with Crippen molar-refractivity contribution in [2.45, 2.75) is 12.2 Å². The fourth-order valence-electron chi connectivity index (χ4n) is 1.81. The summed E-state index contributed by atoms with van der Waals surface area (Å²) >= 11 is 4.08. The van der Waals surface area contributed by atoms with Crippen LogP contribution in [0.1, 0.15) is 0 Å². The molecule has 1 aliphatic heterocycles. The first-order valence-corrected chi connectivity index (χ1v) is 5.91. The molecule has 15 heavy (non-hydrogen) atoms. The van der Waals surface area contributed by atoms with Crippen LogP contribution in [0.2, 0.25) is 0 Å². The molecular formula is C10H21NO3S. The standard InChI is InChI=1S/C10H21NO3S/c1-12-9-7-11(8-10(9)13-2)3-4-14-5-6-15/h9-10,15H,3-8H2,1-2H3. The lowest BCUT2D eigenvalue weighted by atomic mass is 10.3. The molecule has 0 aliphatic carbocycles. The highest BCUT2D eigenvalue weighted by molar-refractivity contribution is 7.80. The van der Waals surface area contributed by atoms with Gasteiger partial charge in [-0.2, -0.15) is 12.6 Å². The summed E-state index contributed by atoms with van der Waals surface area (Å²) in [5, 5.41) is 0. The van der Waals surface area contributed by atoms with Gasteiger partial charge >= 0.3 is 0 Å². The summed E-state index contributed by atoms with van der Waals surface area (Å²) in [6.07, 6.45) is 0.389. The van der Waals surface area contributed by atoms with Crippen molar-refractivity contribution in [3.8, 4) is 0 Å². The van der Waals surface area contributed by atoms with Crippen molar-refractivity contribution in [1.82, 2.24) is 4.90 Å². The smallest absolute Gasteiger partial charge is 0.0971 e. The zero-order valence-corrected chi connectivity index (χ0v) is 10.4. The molecule has 2 atom stereocenters. The Morgan fingerprint density at radius 2 is 1.73 bits per heavy atom. The number of ether oxygens (including phenoxy) is 3. The Morgan fingerprint density at radius 1 is 1.13 bits per heavy atom. The quantitative estimate of drug-likeness (QED) is 0.507. The van der Waals surface area contributed by atoms with Gasteiger partial charge in [0, 0.05) is 39.6 Å². The number of rotatable bonds is 7. The van der Waals surface area contributed by atoms with Crippen LogP contribution in [0.5, 0.6) is 0 Å². The van der Waals surface area contributed by atoms with Gasteiger partial charge < -0.3 is 14.2 Å². The molecule has 0 radical (unpaired) electrons. The molecule has 0 bridgehead atoms. The molecule has 5 heteroatoms. The van der Waals surface area contributed by atoms with Crippen molar-refractivity contribution >= 4 is 12.6 Å². The third-order valence-corrected chi connectivity index (χ3v) is 2.87. The Hall–Kier alpha value is 0.190. The Kier molecular flexibility index (Phi) is 6.59. The van der Waals surface area contributed by atoms with E-state index in [0.29, 0.717) is 0 Å². The van der Waals surface area contributed by atoms with E-state index in [-0.39, 0.29) is 12.2 Å². The minimum atomic E-state index is 0.194. The van der Waals surface area contributed by atoms with Crippen LogP contribution in [0.15, 0.2) is 0 Å². The van der Waals surface area contributed by atoms with Crippen molar-refractivity contribution in [3.63, 3.8) is 0 Å². The van der Waals surface area contributed by atoms with Crippen LogP contribution in [0.3, 0.4) is 0 Å². The molecule has 1 heterocycles. The first kappa shape index (κ1) is 13.3. The van der Waals surface area contributed by atoms with E-state index in [9.17, 15) is 0 Å². The molecule has 1 aliphatic rings. The molecule has 0 aromatic rings. The number of hydrogen-bond donors (Lipinski definition) is 1. The molecule has 0 amide bonds. The first-order valence-electron chi connectivity index (χ1n) is 5.28. The Labute approximate surface area is 97.3 Å². The number of hydrogen-bond acceptors (Lipinski definition) is 5. The van der Waals surface area contributed by atoms with Crippen molar-refractivity contribution in [2.75, 3.05) is 52.8 Å². The summed E-state index contributed by atoms with van der Waals surface area (Å²) in [6, 6.07) is 0. The van der Waals surface area contributed by atoms with E-state index in [1.54, 1.807) is 14.2 Å². The number of thiol groups is 1. The van der Waals surface area contributed by atoms with Gasteiger partial charge in [0.2, 0.25) is 0 Å². The molecule has 90 valence electrons. The molecular weight excluding hydrogens is 214 g/mol. The van der Waals surface area contributed by atoms with Gasteiger partial charge in [-0.05, 0) is 0 Å². The maximum atomic E-state index is 5.38.